The standard InChI is InChI=1S/C16H22N2O.2ClH/c19-16(4-1-12-5-8-17-9-6-12)14-2-3-15-13(11-14)7-10-18-15;;/h2-3,11-12,17-18H,1,4-10H2;2*1H. The molecule has 2 N–H and O–H groups in total. The molecular weight excluding hydrogens is 307 g/mol. The molecule has 0 atom stereocenters. The van der Waals surface area contributed by atoms with E-state index in [0.29, 0.717) is 12.2 Å². The second-order valence-electron chi connectivity index (χ2n) is 5.70. The van der Waals surface area contributed by atoms with E-state index in [2.05, 4.69) is 22.8 Å². The van der Waals surface area contributed by atoms with Crippen molar-refractivity contribution in [2.45, 2.75) is 32.1 Å². The number of fused-ring (bicyclic) bond motifs is 1. The number of carbonyl (C=O) groups excluding carboxylic acids is 1. The van der Waals surface area contributed by atoms with Crippen LogP contribution in [-0.4, -0.2) is 25.4 Å². The van der Waals surface area contributed by atoms with Gasteiger partial charge < -0.3 is 10.6 Å². The molecule has 2 aliphatic heterocycles. The van der Waals surface area contributed by atoms with Gasteiger partial charge in [0.25, 0.3) is 0 Å². The highest BCUT2D eigenvalue weighted by Crippen LogP contribution is 2.25. The molecule has 118 valence electrons. The first-order chi connectivity index (χ1) is 9.33. The fourth-order valence-corrected chi connectivity index (χ4v) is 3.13. The summed E-state index contributed by atoms with van der Waals surface area (Å²) < 4.78 is 0. The lowest BCUT2D eigenvalue weighted by Gasteiger charge is -2.22. The summed E-state index contributed by atoms with van der Waals surface area (Å²) >= 11 is 0. The van der Waals surface area contributed by atoms with Gasteiger partial charge in [-0.15, -0.1) is 24.8 Å². The van der Waals surface area contributed by atoms with Crippen LogP contribution in [0, 0.1) is 5.92 Å². The van der Waals surface area contributed by atoms with Crippen molar-refractivity contribution in [1.29, 1.82) is 0 Å². The van der Waals surface area contributed by atoms with Crippen LogP contribution in [0.3, 0.4) is 0 Å². The molecular formula is C16H24Cl2N2O. The molecule has 3 rings (SSSR count). The van der Waals surface area contributed by atoms with Gasteiger partial charge in [-0.25, -0.2) is 0 Å². The summed E-state index contributed by atoms with van der Waals surface area (Å²) in [5, 5.41) is 6.70. The zero-order valence-electron chi connectivity index (χ0n) is 12.2. The van der Waals surface area contributed by atoms with Crippen molar-refractivity contribution in [3.8, 4) is 0 Å². The van der Waals surface area contributed by atoms with Crippen molar-refractivity contribution in [2.75, 3.05) is 25.0 Å². The Balaban J connectivity index is 0.00000110. The molecule has 3 nitrogen and oxygen atoms in total. The fourth-order valence-electron chi connectivity index (χ4n) is 3.13. The summed E-state index contributed by atoms with van der Waals surface area (Å²) in [4.78, 5) is 12.3. The first kappa shape index (κ1) is 18.3. The minimum Gasteiger partial charge on any atom is -0.384 e. The molecule has 0 amide bonds. The average molecular weight is 331 g/mol. The zero-order chi connectivity index (χ0) is 13.1. The van der Waals surface area contributed by atoms with Crippen molar-refractivity contribution in [3.05, 3.63) is 29.3 Å². The number of hydrogen-bond acceptors (Lipinski definition) is 3. The molecule has 2 heterocycles. The van der Waals surface area contributed by atoms with Gasteiger partial charge in [0, 0.05) is 24.2 Å². The summed E-state index contributed by atoms with van der Waals surface area (Å²) in [5.41, 5.74) is 3.40. The Labute approximate surface area is 139 Å². The van der Waals surface area contributed by atoms with Crippen LogP contribution < -0.4 is 10.6 Å². The van der Waals surface area contributed by atoms with E-state index < -0.39 is 0 Å². The monoisotopic (exact) mass is 330 g/mol. The van der Waals surface area contributed by atoms with Crippen molar-refractivity contribution >= 4 is 36.3 Å². The molecule has 1 fully saturated rings. The predicted molar refractivity (Wildman–Crippen MR) is 92.3 cm³/mol. The maximum absolute atomic E-state index is 12.3. The van der Waals surface area contributed by atoms with E-state index in [1.54, 1.807) is 0 Å². The molecule has 0 bridgehead atoms. The number of Topliss-reactive ketones (excluding diaryl/α,β-unsaturated/α-hetero) is 1. The molecule has 0 radical (unpaired) electrons. The topological polar surface area (TPSA) is 41.1 Å². The van der Waals surface area contributed by atoms with Crippen LogP contribution in [-0.2, 0) is 6.42 Å². The molecule has 0 aromatic heterocycles. The first-order valence-electron chi connectivity index (χ1n) is 7.43. The lowest BCUT2D eigenvalue weighted by atomic mass is 9.91. The molecule has 1 saturated heterocycles. The molecule has 0 saturated carbocycles. The summed E-state index contributed by atoms with van der Waals surface area (Å²) in [6.07, 6.45) is 5.25. The zero-order valence-corrected chi connectivity index (χ0v) is 13.8. The molecule has 0 aliphatic carbocycles. The third-order valence-corrected chi connectivity index (χ3v) is 4.38. The Morgan fingerprint density at radius 2 is 1.90 bits per heavy atom. The molecule has 1 aromatic carbocycles. The molecule has 5 heteroatoms. The number of nitrogens with one attached hydrogen (secondary N) is 2. The molecule has 0 spiro atoms. The lowest BCUT2D eigenvalue weighted by Crippen LogP contribution is -2.28. The second kappa shape index (κ2) is 8.62. The van der Waals surface area contributed by atoms with Gasteiger partial charge in [0.15, 0.2) is 5.78 Å². The van der Waals surface area contributed by atoms with Crippen LogP contribution in [0.5, 0.6) is 0 Å². The van der Waals surface area contributed by atoms with Crippen LogP contribution in [0.4, 0.5) is 5.69 Å². The Hall–Kier alpha value is -0.770. The smallest absolute Gasteiger partial charge is 0.162 e. The molecule has 2 aliphatic rings. The summed E-state index contributed by atoms with van der Waals surface area (Å²) in [6.45, 7) is 3.23. The minimum absolute atomic E-state index is 0. The molecule has 21 heavy (non-hydrogen) atoms. The Bertz CT molecular complexity index is 473. The van der Waals surface area contributed by atoms with Gasteiger partial charge in [-0.2, -0.15) is 0 Å². The van der Waals surface area contributed by atoms with Gasteiger partial charge in [0.2, 0.25) is 0 Å². The van der Waals surface area contributed by atoms with E-state index in [0.717, 1.165) is 44.0 Å². The fraction of sp³-hybridized carbons (Fsp3) is 0.562. The summed E-state index contributed by atoms with van der Waals surface area (Å²) in [6, 6.07) is 6.11. The second-order valence-corrected chi connectivity index (χ2v) is 5.70. The molecule has 0 unspecified atom stereocenters. The van der Waals surface area contributed by atoms with Gasteiger partial charge in [-0.1, -0.05) is 0 Å². The normalized spacial score (nSPS) is 17.1. The van der Waals surface area contributed by atoms with Crippen LogP contribution in [0.25, 0.3) is 0 Å². The highest BCUT2D eigenvalue weighted by Gasteiger charge is 2.17. The van der Waals surface area contributed by atoms with Gasteiger partial charge in [0.1, 0.15) is 0 Å². The van der Waals surface area contributed by atoms with E-state index >= 15 is 0 Å². The van der Waals surface area contributed by atoms with Crippen molar-refractivity contribution < 1.29 is 4.79 Å². The minimum atomic E-state index is 0. The van der Waals surface area contributed by atoms with Crippen molar-refractivity contribution in [1.82, 2.24) is 5.32 Å². The molecule has 1 aromatic rings. The van der Waals surface area contributed by atoms with Crippen molar-refractivity contribution in [2.24, 2.45) is 5.92 Å². The Kier molecular flexibility index (Phi) is 7.50. The number of anilines is 1. The van der Waals surface area contributed by atoms with Gasteiger partial charge in [-0.3, -0.25) is 4.79 Å². The first-order valence-corrected chi connectivity index (χ1v) is 7.43. The maximum atomic E-state index is 12.3. The quantitative estimate of drug-likeness (QED) is 0.830. The summed E-state index contributed by atoms with van der Waals surface area (Å²) in [5.74, 6) is 1.05. The largest absolute Gasteiger partial charge is 0.384 e. The van der Waals surface area contributed by atoms with E-state index in [1.165, 1.54) is 24.1 Å². The average Bonchev–Trinajstić information content (AvgIpc) is 2.93. The maximum Gasteiger partial charge on any atom is 0.162 e. The van der Waals surface area contributed by atoms with Gasteiger partial charge in [-0.05, 0) is 68.5 Å². The Morgan fingerprint density at radius 3 is 2.67 bits per heavy atom. The van der Waals surface area contributed by atoms with E-state index in [1.807, 2.05) is 6.07 Å². The van der Waals surface area contributed by atoms with Crippen LogP contribution in [0.2, 0.25) is 0 Å². The number of hydrogen-bond donors (Lipinski definition) is 2. The number of piperidine rings is 1. The lowest BCUT2D eigenvalue weighted by molar-refractivity contribution is 0.0970. The Morgan fingerprint density at radius 1 is 1.14 bits per heavy atom. The van der Waals surface area contributed by atoms with Gasteiger partial charge in [0.05, 0.1) is 0 Å². The van der Waals surface area contributed by atoms with Crippen molar-refractivity contribution in [3.63, 3.8) is 0 Å². The number of benzene rings is 1. The summed E-state index contributed by atoms with van der Waals surface area (Å²) in [7, 11) is 0. The number of carbonyl (C=O) groups is 1. The van der Waals surface area contributed by atoms with Crippen LogP contribution in [0.1, 0.15) is 41.6 Å². The SMILES string of the molecule is Cl.Cl.O=C(CCC1CCNCC1)c1ccc2c(c1)CCN2. The third kappa shape index (κ3) is 4.60. The third-order valence-electron chi connectivity index (χ3n) is 4.38. The highest BCUT2D eigenvalue weighted by atomic mass is 35.5. The predicted octanol–water partition coefficient (Wildman–Crippen LogP) is 3.46. The van der Waals surface area contributed by atoms with E-state index in [9.17, 15) is 4.79 Å². The number of halogens is 2. The van der Waals surface area contributed by atoms with E-state index in [-0.39, 0.29) is 24.8 Å². The highest BCUT2D eigenvalue weighted by molar-refractivity contribution is 5.96. The van der Waals surface area contributed by atoms with Gasteiger partial charge >= 0.3 is 0 Å². The van der Waals surface area contributed by atoms with Crippen LogP contribution >= 0.6 is 24.8 Å². The van der Waals surface area contributed by atoms with E-state index in [4.69, 9.17) is 0 Å². The number of ketones is 1. The number of rotatable bonds is 4. The van der Waals surface area contributed by atoms with Crippen LogP contribution in [0.15, 0.2) is 18.2 Å².